The summed E-state index contributed by atoms with van der Waals surface area (Å²) in [6, 6.07) is 14.7. The fourth-order valence-corrected chi connectivity index (χ4v) is 3.62. The summed E-state index contributed by atoms with van der Waals surface area (Å²) in [5.74, 6) is 1.52. The minimum atomic E-state index is -2.57. The molecule has 0 fully saturated rings. The summed E-state index contributed by atoms with van der Waals surface area (Å²) in [5.41, 5.74) is 0. The van der Waals surface area contributed by atoms with Crippen LogP contribution >= 0.6 is 7.14 Å². The Labute approximate surface area is 113 Å². The molecule has 0 saturated heterocycles. The maximum Gasteiger partial charge on any atom is 0.140 e. The van der Waals surface area contributed by atoms with Crippen LogP contribution in [0.2, 0.25) is 0 Å². The molecule has 0 aliphatic carbocycles. The van der Waals surface area contributed by atoms with Crippen molar-refractivity contribution in [3.8, 4) is 11.5 Å². The third-order valence-corrected chi connectivity index (χ3v) is 5.70. The lowest BCUT2D eigenvalue weighted by Gasteiger charge is -2.14. The Bertz CT molecular complexity index is 536. The predicted molar refractivity (Wildman–Crippen MR) is 78.8 cm³/mol. The lowest BCUT2D eigenvalue weighted by atomic mass is 10.3. The van der Waals surface area contributed by atoms with E-state index in [0.29, 0.717) is 0 Å². The standard InChI is InChI=1S/C15H17O3P/c1-17-12-4-8-14(9-5-12)19(3,16)15-10-6-13(18-2)7-11-15/h4-11H,1-3H3. The molecule has 0 unspecified atom stereocenters. The molecular weight excluding hydrogens is 259 g/mol. The molecule has 0 spiro atoms. The van der Waals surface area contributed by atoms with Gasteiger partial charge in [0.2, 0.25) is 0 Å². The highest BCUT2D eigenvalue weighted by molar-refractivity contribution is 7.78. The average Bonchev–Trinajstić information content (AvgIpc) is 2.47. The summed E-state index contributed by atoms with van der Waals surface area (Å²) in [4.78, 5) is 0. The van der Waals surface area contributed by atoms with E-state index in [4.69, 9.17) is 9.47 Å². The second-order valence-electron chi connectivity index (χ2n) is 4.32. The van der Waals surface area contributed by atoms with Crippen LogP contribution in [0.3, 0.4) is 0 Å². The van der Waals surface area contributed by atoms with E-state index >= 15 is 0 Å². The van der Waals surface area contributed by atoms with Crippen LogP contribution < -0.4 is 20.1 Å². The van der Waals surface area contributed by atoms with Crippen molar-refractivity contribution in [1.29, 1.82) is 0 Å². The van der Waals surface area contributed by atoms with Crippen molar-refractivity contribution in [2.24, 2.45) is 0 Å². The molecule has 2 rings (SSSR count). The van der Waals surface area contributed by atoms with Gasteiger partial charge in [0.1, 0.15) is 18.6 Å². The topological polar surface area (TPSA) is 35.5 Å². The first-order valence-electron chi connectivity index (χ1n) is 5.94. The second kappa shape index (κ2) is 5.50. The van der Waals surface area contributed by atoms with Crippen LogP contribution in [0, 0.1) is 0 Å². The molecule has 0 aromatic heterocycles. The minimum absolute atomic E-state index is 0.762. The number of hydrogen-bond donors (Lipinski definition) is 0. The van der Waals surface area contributed by atoms with Gasteiger partial charge in [-0.3, -0.25) is 0 Å². The first kappa shape index (κ1) is 13.7. The van der Waals surface area contributed by atoms with Gasteiger partial charge in [-0.05, 0) is 55.2 Å². The summed E-state index contributed by atoms with van der Waals surface area (Å²) in [6.45, 7) is 1.77. The van der Waals surface area contributed by atoms with E-state index in [2.05, 4.69) is 0 Å². The van der Waals surface area contributed by atoms with E-state index in [9.17, 15) is 4.57 Å². The predicted octanol–water partition coefficient (Wildman–Crippen LogP) is 2.65. The van der Waals surface area contributed by atoms with Crippen molar-refractivity contribution >= 4 is 17.8 Å². The number of methoxy groups -OCH3 is 2. The highest BCUT2D eigenvalue weighted by Gasteiger charge is 2.20. The van der Waals surface area contributed by atoms with E-state index in [1.54, 1.807) is 20.9 Å². The van der Waals surface area contributed by atoms with Crippen molar-refractivity contribution in [3.05, 3.63) is 48.5 Å². The van der Waals surface area contributed by atoms with E-state index in [1.165, 1.54) is 0 Å². The molecule has 0 atom stereocenters. The Morgan fingerprint density at radius 2 is 1.05 bits per heavy atom. The van der Waals surface area contributed by atoms with E-state index in [1.807, 2.05) is 48.5 Å². The molecular formula is C15H17O3P. The van der Waals surface area contributed by atoms with Gasteiger partial charge in [0.25, 0.3) is 0 Å². The lowest BCUT2D eigenvalue weighted by Crippen LogP contribution is -2.14. The number of benzene rings is 2. The Morgan fingerprint density at radius 3 is 1.32 bits per heavy atom. The summed E-state index contributed by atoms with van der Waals surface area (Å²) in [6.07, 6.45) is 0. The maximum absolute atomic E-state index is 12.9. The van der Waals surface area contributed by atoms with Crippen LogP contribution in [0.4, 0.5) is 0 Å². The van der Waals surface area contributed by atoms with Crippen molar-refractivity contribution in [1.82, 2.24) is 0 Å². The highest BCUT2D eigenvalue weighted by atomic mass is 31.2. The van der Waals surface area contributed by atoms with Gasteiger partial charge < -0.3 is 14.0 Å². The monoisotopic (exact) mass is 276 g/mol. The van der Waals surface area contributed by atoms with Gasteiger partial charge in [0, 0.05) is 10.6 Å². The summed E-state index contributed by atoms with van der Waals surface area (Å²) in [7, 11) is 0.661. The Balaban J connectivity index is 2.36. The van der Waals surface area contributed by atoms with Crippen LogP contribution in [0.15, 0.2) is 48.5 Å². The molecule has 2 aromatic rings. The zero-order valence-electron chi connectivity index (χ0n) is 11.3. The third kappa shape index (κ3) is 2.82. The van der Waals surface area contributed by atoms with Crippen LogP contribution in [-0.2, 0) is 4.57 Å². The molecule has 0 amide bonds. The molecule has 100 valence electrons. The molecule has 4 heteroatoms. The normalized spacial score (nSPS) is 11.1. The first-order valence-corrected chi connectivity index (χ1v) is 8.10. The minimum Gasteiger partial charge on any atom is -0.497 e. The van der Waals surface area contributed by atoms with Gasteiger partial charge in [-0.2, -0.15) is 0 Å². The van der Waals surface area contributed by atoms with Crippen LogP contribution in [-0.4, -0.2) is 20.9 Å². The van der Waals surface area contributed by atoms with Crippen LogP contribution in [0.25, 0.3) is 0 Å². The Kier molecular flexibility index (Phi) is 3.96. The lowest BCUT2D eigenvalue weighted by molar-refractivity contribution is 0.415. The van der Waals surface area contributed by atoms with Crippen LogP contribution in [0.1, 0.15) is 0 Å². The van der Waals surface area contributed by atoms with Gasteiger partial charge in [-0.15, -0.1) is 0 Å². The Morgan fingerprint density at radius 1 is 0.737 bits per heavy atom. The maximum atomic E-state index is 12.9. The van der Waals surface area contributed by atoms with Crippen LogP contribution in [0.5, 0.6) is 11.5 Å². The fraction of sp³-hybridized carbons (Fsp3) is 0.200. The molecule has 19 heavy (non-hydrogen) atoms. The van der Waals surface area contributed by atoms with Gasteiger partial charge >= 0.3 is 0 Å². The zero-order chi connectivity index (χ0) is 13.9. The Hall–Kier alpha value is -1.73. The summed E-state index contributed by atoms with van der Waals surface area (Å²) in [5, 5.41) is 1.64. The highest BCUT2D eigenvalue weighted by Crippen LogP contribution is 2.39. The van der Waals surface area contributed by atoms with Crippen molar-refractivity contribution in [2.75, 3.05) is 20.9 Å². The SMILES string of the molecule is COc1ccc(P(C)(=O)c2ccc(OC)cc2)cc1. The quantitative estimate of drug-likeness (QED) is 0.805. The van der Waals surface area contributed by atoms with Crippen molar-refractivity contribution in [2.45, 2.75) is 0 Å². The average molecular weight is 276 g/mol. The van der Waals surface area contributed by atoms with Gasteiger partial charge in [0.05, 0.1) is 14.2 Å². The molecule has 0 aliphatic rings. The molecule has 3 nitrogen and oxygen atoms in total. The first-order chi connectivity index (χ1) is 9.07. The van der Waals surface area contributed by atoms with E-state index in [-0.39, 0.29) is 0 Å². The summed E-state index contributed by atoms with van der Waals surface area (Å²) < 4.78 is 23.2. The van der Waals surface area contributed by atoms with Gasteiger partial charge in [-0.25, -0.2) is 0 Å². The summed E-state index contributed by atoms with van der Waals surface area (Å²) >= 11 is 0. The fourth-order valence-electron chi connectivity index (χ4n) is 1.88. The molecule has 0 bridgehead atoms. The molecule has 0 heterocycles. The van der Waals surface area contributed by atoms with E-state index < -0.39 is 7.14 Å². The number of hydrogen-bond acceptors (Lipinski definition) is 3. The smallest absolute Gasteiger partial charge is 0.140 e. The van der Waals surface area contributed by atoms with Crippen molar-refractivity contribution in [3.63, 3.8) is 0 Å². The molecule has 0 N–H and O–H groups in total. The third-order valence-electron chi connectivity index (χ3n) is 3.13. The number of rotatable bonds is 4. The second-order valence-corrected chi connectivity index (χ2v) is 7.20. The van der Waals surface area contributed by atoms with E-state index in [0.717, 1.165) is 22.1 Å². The molecule has 0 radical (unpaired) electrons. The molecule has 0 aliphatic heterocycles. The molecule has 2 aromatic carbocycles. The zero-order valence-corrected chi connectivity index (χ0v) is 12.2. The van der Waals surface area contributed by atoms with Gasteiger partial charge in [-0.1, -0.05) is 0 Å². The molecule has 0 saturated carbocycles. The number of ether oxygens (including phenoxy) is 2. The largest absolute Gasteiger partial charge is 0.497 e. The van der Waals surface area contributed by atoms with Gasteiger partial charge in [0.15, 0.2) is 0 Å². The van der Waals surface area contributed by atoms with Crippen molar-refractivity contribution < 1.29 is 14.0 Å².